The van der Waals surface area contributed by atoms with Gasteiger partial charge < -0.3 is 0 Å². The summed E-state index contributed by atoms with van der Waals surface area (Å²) < 4.78 is 0.341. The number of nitrogens with zero attached hydrogens (tertiary/aromatic N) is 2. The van der Waals surface area contributed by atoms with Crippen molar-refractivity contribution in [2.45, 2.75) is 0 Å². The maximum absolute atomic E-state index is 12.5. The Hall–Kier alpha value is -2.71. The predicted octanol–water partition coefficient (Wildman–Crippen LogP) is 3.82. The highest BCUT2D eigenvalue weighted by Gasteiger charge is 2.33. The monoisotopic (exact) mass is 357 g/mol. The molecule has 1 heterocycles. The number of hydrogen-bond donors (Lipinski definition) is 1. The highest BCUT2D eigenvalue weighted by atomic mass is 32.2. The third-order valence-electron chi connectivity index (χ3n) is 3.23. The highest BCUT2D eigenvalue weighted by molar-refractivity contribution is 8.26. The van der Waals surface area contributed by atoms with E-state index in [1.165, 1.54) is 17.2 Å². The Morgan fingerprint density at radius 2 is 1.79 bits per heavy atom. The van der Waals surface area contributed by atoms with Gasteiger partial charge in [0.05, 0.1) is 21.1 Å². The summed E-state index contributed by atoms with van der Waals surface area (Å²) >= 11 is 6.33. The molecule has 1 fully saturated rings. The maximum Gasteiger partial charge on any atom is 0.285 e. The van der Waals surface area contributed by atoms with Gasteiger partial charge in [0.1, 0.15) is 0 Å². The van der Waals surface area contributed by atoms with Gasteiger partial charge in [0, 0.05) is 6.07 Å². The Morgan fingerprint density at radius 1 is 1.12 bits per heavy atom. The molecule has 2 aromatic carbocycles. The lowest BCUT2D eigenvalue weighted by atomic mass is 10.1. The number of anilines is 1. The molecule has 0 unspecified atom stereocenters. The molecule has 0 bridgehead atoms. The van der Waals surface area contributed by atoms with Crippen molar-refractivity contribution in [2.24, 2.45) is 0 Å². The largest absolute Gasteiger partial charge is 0.290 e. The van der Waals surface area contributed by atoms with Crippen LogP contribution in [0.15, 0.2) is 59.5 Å². The Balaban J connectivity index is 1.88. The van der Waals surface area contributed by atoms with Crippen molar-refractivity contribution in [2.75, 3.05) is 5.43 Å². The molecule has 1 amide bonds. The third-order valence-corrected chi connectivity index (χ3v) is 4.53. The molecule has 1 saturated heterocycles. The molecular formula is C16H11N3O3S2. The molecule has 1 aliphatic rings. The van der Waals surface area contributed by atoms with Crippen LogP contribution < -0.4 is 5.43 Å². The van der Waals surface area contributed by atoms with Gasteiger partial charge in [0.25, 0.3) is 11.6 Å². The van der Waals surface area contributed by atoms with Crippen molar-refractivity contribution in [3.8, 4) is 0 Å². The van der Waals surface area contributed by atoms with Gasteiger partial charge in [0.2, 0.25) is 0 Å². The second-order valence-electron chi connectivity index (χ2n) is 4.81. The van der Waals surface area contributed by atoms with E-state index in [9.17, 15) is 14.9 Å². The number of benzene rings is 2. The number of rotatable bonds is 4. The second-order valence-corrected chi connectivity index (χ2v) is 6.49. The summed E-state index contributed by atoms with van der Waals surface area (Å²) in [5, 5.41) is 12.3. The number of nitro benzene ring substituents is 1. The lowest BCUT2D eigenvalue weighted by Gasteiger charge is -2.16. The molecule has 0 aromatic heterocycles. The summed E-state index contributed by atoms with van der Waals surface area (Å²) in [5.41, 5.74) is 3.97. The Kier molecular flexibility index (Phi) is 4.59. The molecule has 0 spiro atoms. The lowest BCUT2D eigenvalue weighted by Crippen LogP contribution is -2.33. The number of amides is 1. The van der Waals surface area contributed by atoms with E-state index in [4.69, 9.17) is 12.2 Å². The second kappa shape index (κ2) is 6.81. The first-order valence-corrected chi connectivity index (χ1v) is 8.12. The minimum absolute atomic E-state index is 0.0567. The van der Waals surface area contributed by atoms with Crippen LogP contribution >= 0.6 is 24.0 Å². The van der Waals surface area contributed by atoms with Gasteiger partial charge in [-0.25, -0.2) is 5.01 Å². The topological polar surface area (TPSA) is 75.5 Å². The Morgan fingerprint density at radius 3 is 2.50 bits per heavy atom. The molecular weight excluding hydrogens is 346 g/mol. The first kappa shape index (κ1) is 16.2. The molecule has 3 rings (SSSR count). The van der Waals surface area contributed by atoms with Crippen LogP contribution in [0.5, 0.6) is 0 Å². The fourth-order valence-corrected chi connectivity index (χ4v) is 3.29. The van der Waals surface area contributed by atoms with Gasteiger partial charge in [-0.1, -0.05) is 42.1 Å². The van der Waals surface area contributed by atoms with Crippen LogP contribution in [-0.4, -0.2) is 20.2 Å². The Labute approximate surface area is 147 Å². The van der Waals surface area contributed by atoms with E-state index in [1.807, 2.05) is 30.3 Å². The van der Waals surface area contributed by atoms with Gasteiger partial charge >= 0.3 is 0 Å². The number of nitro groups is 1. The Bertz CT molecular complexity index is 853. The standard InChI is InChI=1S/C16H11N3O3S2/c20-15-14(10-11-6-4-5-9-13(11)19(21)22)24-16(23)18(15)17-12-7-2-1-3-8-12/h1-10,17H. The number of thioether (sulfide) groups is 1. The first-order chi connectivity index (χ1) is 11.6. The molecule has 1 N–H and O–H groups in total. The molecule has 0 atom stereocenters. The van der Waals surface area contributed by atoms with Crippen LogP contribution in [0, 0.1) is 10.1 Å². The van der Waals surface area contributed by atoms with Crippen LogP contribution in [0.1, 0.15) is 5.56 Å². The molecule has 0 aliphatic carbocycles. The van der Waals surface area contributed by atoms with E-state index in [1.54, 1.807) is 18.2 Å². The van der Waals surface area contributed by atoms with E-state index < -0.39 is 4.92 Å². The van der Waals surface area contributed by atoms with E-state index in [-0.39, 0.29) is 11.6 Å². The van der Waals surface area contributed by atoms with E-state index in [0.717, 1.165) is 17.4 Å². The molecule has 8 heteroatoms. The van der Waals surface area contributed by atoms with Gasteiger partial charge in [-0.3, -0.25) is 20.3 Å². The van der Waals surface area contributed by atoms with Crippen molar-refractivity contribution in [3.63, 3.8) is 0 Å². The summed E-state index contributed by atoms with van der Waals surface area (Å²) in [7, 11) is 0. The molecule has 1 aliphatic heterocycles. The fourth-order valence-electron chi connectivity index (χ4n) is 2.12. The average Bonchev–Trinajstić information content (AvgIpc) is 2.84. The average molecular weight is 357 g/mol. The number of hydrazine groups is 1. The number of carbonyl (C=O) groups excluding carboxylic acids is 1. The number of thiocarbonyl (C=S) groups is 1. The van der Waals surface area contributed by atoms with Crippen molar-refractivity contribution in [1.82, 2.24) is 5.01 Å². The molecule has 24 heavy (non-hydrogen) atoms. The zero-order chi connectivity index (χ0) is 17.1. The summed E-state index contributed by atoms with van der Waals surface area (Å²) in [6.07, 6.45) is 1.49. The van der Waals surface area contributed by atoms with Gasteiger partial charge in [-0.05, 0) is 36.5 Å². The van der Waals surface area contributed by atoms with Crippen molar-refractivity contribution in [1.29, 1.82) is 0 Å². The summed E-state index contributed by atoms with van der Waals surface area (Å²) in [6.45, 7) is 0. The van der Waals surface area contributed by atoms with Crippen LogP contribution in [0.3, 0.4) is 0 Å². The number of nitrogens with one attached hydrogen (secondary N) is 1. The number of hydrogen-bond acceptors (Lipinski definition) is 6. The SMILES string of the molecule is O=C1C(=Cc2ccccc2[N+](=O)[O-])SC(=S)N1Nc1ccccc1. The van der Waals surface area contributed by atoms with Gasteiger partial charge in [-0.2, -0.15) is 0 Å². The van der Waals surface area contributed by atoms with E-state index in [2.05, 4.69) is 5.43 Å². The normalized spacial score (nSPS) is 15.8. The van der Waals surface area contributed by atoms with Crippen molar-refractivity contribution < 1.29 is 9.72 Å². The zero-order valence-corrected chi connectivity index (χ0v) is 13.8. The van der Waals surface area contributed by atoms with Gasteiger partial charge in [-0.15, -0.1) is 0 Å². The van der Waals surface area contributed by atoms with Crippen LogP contribution in [0.4, 0.5) is 11.4 Å². The number of carbonyl (C=O) groups is 1. The minimum atomic E-state index is -0.477. The molecule has 0 radical (unpaired) electrons. The predicted molar refractivity (Wildman–Crippen MR) is 98.2 cm³/mol. The lowest BCUT2D eigenvalue weighted by molar-refractivity contribution is -0.385. The van der Waals surface area contributed by atoms with Gasteiger partial charge in [0.15, 0.2) is 4.32 Å². The highest BCUT2D eigenvalue weighted by Crippen LogP contribution is 2.34. The van der Waals surface area contributed by atoms with E-state index in [0.29, 0.717) is 14.8 Å². The smallest absolute Gasteiger partial charge is 0.285 e. The molecule has 120 valence electrons. The molecule has 0 saturated carbocycles. The maximum atomic E-state index is 12.5. The summed E-state index contributed by atoms with van der Waals surface area (Å²) in [6, 6.07) is 15.4. The zero-order valence-electron chi connectivity index (χ0n) is 12.2. The van der Waals surface area contributed by atoms with Crippen LogP contribution in [0.2, 0.25) is 0 Å². The van der Waals surface area contributed by atoms with Crippen LogP contribution in [-0.2, 0) is 4.79 Å². The summed E-state index contributed by atoms with van der Waals surface area (Å²) in [4.78, 5) is 23.5. The quantitative estimate of drug-likeness (QED) is 0.388. The molecule has 6 nitrogen and oxygen atoms in total. The molecule has 2 aromatic rings. The minimum Gasteiger partial charge on any atom is -0.290 e. The summed E-state index contributed by atoms with van der Waals surface area (Å²) in [5.74, 6) is -0.341. The van der Waals surface area contributed by atoms with Crippen molar-refractivity contribution >= 4 is 51.7 Å². The van der Waals surface area contributed by atoms with E-state index >= 15 is 0 Å². The first-order valence-electron chi connectivity index (χ1n) is 6.89. The third kappa shape index (κ3) is 3.29. The number of para-hydroxylation sites is 2. The van der Waals surface area contributed by atoms with Crippen LogP contribution in [0.25, 0.3) is 6.08 Å². The fraction of sp³-hybridized carbons (Fsp3) is 0. The van der Waals surface area contributed by atoms with Crippen molar-refractivity contribution in [3.05, 3.63) is 75.2 Å².